The van der Waals surface area contributed by atoms with E-state index in [0.29, 0.717) is 33.1 Å². The largest absolute Gasteiger partial charge is 0.497 e. The summed E-state index contributed by atoms with van der Waals surface area (Å²) in [4.78, 5) is 44.0. The zero-order valence-electron chi connectivity index (χ0n) is 24.1. The van der Waals surface area contributed by atoms with Gasteiger partial charge in [-0.15, -0.1) is 0 Å². The fourth-order valence-electron chi connectivity index (χ4n) is 4.84. The minimum atomic E-state index is -0.820. The molecule has 0 bridgehead atoms. The van der Waals surface area contributed by atoms with Crippen molar-refractivity contribution >= 4 is 34.7 Å². The summed E-state index contributed by atoms with van der Waals surface area (Å²) in [7, 11) is 2.92. The van der Waals surface area contributed by atoms with Gasteiger partial charge in [0.15, 0.2) is 16.3 Å². The second kappa shape index (κ2) is 12.8. The van der Waals surface area contributed by atoms with Crippen LogP contribution in [-0.2, 0) is 4.79 Å². The van der Waals surface area contributed by atoms with Gasteiger partial charge in [0, 0.05) is 17.3 Å². The second-order valence-corrected chi connectivity index (χ2v) is 10.6. The van der Waals surface area contributed by atoms with Gasteiger partial charge in [0.25, 0.3) is 17.2 Å². The molecule has 0 aliphatic carbocycles. The molecule has 0 saturated carbocycles. The Labute approximate surface area is 255 Å². The van der Waals surface area contributed by atoms with Crippen molar-refractivity contribution in [3.05, 3.63) is 132 Å². The maximum absolute atomic E-state index is 14.1. The first-order valence-corrected chi connectivity index (χ1v) is 14.2. The lowest BCUT2D eigenvalue weighted by Crippen LogP contribution is -2.40. The number of nitro benzene ring substituents is 1. The topological polar surface area (TPSA) is 134 Å². The molecule has 12 heteroatoms. The van der Waals surface area contributed by atoms with Crippen molar-refractivity contribution in [1.82, 2.24) is 4.57 Å². The number of benzene rings is 3. The van der Waals surface area contributed by atoms with Crippen LogP contribution in [0.4, 0.5) is 11.4 Å². The summed E-state index contributed by atoms with van der Waals surface area (Å²) in [6.45, 7) is 5.48. The van der Waals surface area contributed by atoms with Crippen LogP contribution < -0.4 is 34.4 Å². The number of nitrogens with one attached hydrogen (secondary N) is 1. The van der Waals surface area contributed by atoms with Gasteiger partial charge in [-0.3, -0.25) is 24.3 Å². The number of rotatable bonds is 10. The van der Waals surface area contributed by atoms with E-state index in [1.165, 1.54) is 36.0 Å². The zero-order valence-corrected chi connectivity index (χ0v) is 24.9. The number of ether oxygens (including phenoxy) is 3. The van der Waals surface area contributed by atoms with Crippen molar-refractivity contribution < 1.29 is 23.9 Å². The van der Waals surface area contributed by atoms with E-state index in [4.69, 9.17) is 14.2 Å². The Bertz CT molecular complexity index is 1960. The summed E-state index contributed by atoms with van der Waals surface area (Å²) >= 11 is 1.10. The van der Waals surface area contributed by atoms with E-state index in [1.54, 1.807) is 50.4 Å². The van der Waals surface area contributed by atoms with E-state index in [9.17, 15) is 19.7 Å². The number of aromatic nitrogens is 1. The number of amides is 1. The molecule has 1 aliphatic heterocycles. The van der Waals surface area contributed by atoms with Crippen molar-refractivity contribution in [3.63, 3.8) is 0 Å². The van der Waals surface area contributed by atoms with Crippen LogP contribution in [0, 0.1) is 10.1 Å². The Morgan fingerprint density at radius 3 is 2.50 bits per heavy atom. The van der Waals surface area contributed by atoms with Gasteiger partial charge in [-0.1, -0.05) is 54.3 Å². The van der Waals surface area contributed by atoms with E-state index in [0.717, 1.165) is 11.3 Å². The van der Waals surface area contributed by atoms with Crippen LogP contribution in [0.1, 0.15) is 24.1 Å². The Hall–Kier alpha value is -5.49. The van der Waals surface area contributed by atoms with E-state index >= 15 is 0 Å². The normalized spacial score (nSPS) is 14.3. The van der Waals surface area contributed by atoms with Crippen LogP contribution in [0.3, 0.4) is 0 Å². The molecule has 0 spiro atoms. The molecule has 3 aromatic carbocycles. The minimum Gasteiger partial charge on any atom is -0.497 e. The van der Waals surface area contributed by atoms with Gasteiger partial charge >= 0.3 is 0 Å². The number of carbonyl (C=O) groups excluding carboxylic acids is 1. The fourth-order valence-corrected chi connectivity index (χ4v) is 5.88. The summed E-state index contributed by atoms with van der Waals surface area (Å²) in [5.41, 5.74) is 1.59. The number of anilines is 1. The number of methoxy groups -OCH3 is 2. The SMILES string of the molecule is C=CCOc1c(/C=c2\sc3n(c2=O)[C@H](c2ccc(OC)cc2)C(C(=O)Nc2ccccc2)=C(C)N=3)cc([N+](=O)[O-])cc1OC. The number of non-ortho nitro benzene ring substituents is 1. The van der Waals surface area contributed by atoms with Gasteiger partial charge in [-0.05, 0) is 42.8 Å². The zero-order chi connectivity index (χ0) is 31.4. The number of fused-ring (bicyclic) bond motifs is 1. The van der Waals surface area contributed by atoms with E-state index in [2.05, 4.69) is 16.9 Å². The minimum absolute atomic E-state index is 0.104. The number of hydrogen-bond acceptors (Lipinski definition) is 9. The quantitative estimate of drug-likeness (QED) is 0.160. The average molecular weight is 613 g/mol. The lowest BCUT2D eigenvalue weighted by molar-refractivity contribution is -0.385. The molecule has 4 aromatic rings. The standard InChI is InChI=1S/C32H28N4O7S/c1-5-15-43-29-21(16-23(36(39)40)18-25(29)42-4)17-26-31(38)35-28(20-11-13-24(41-3)14-12-20)27(19(2)33-32(35)44-26)30(37)34-22-9-7-6-8-10-22/h5-14,16-18,28H,1,15H2,2-4H3,(H,34,37)/b26-17-/t28-/m1/s1. The van der Waals surface area contributed by atoms with Gasteiger partial charge in [-0.25, -0.2) is 4.99 Å². The number of para-hydroxylation sites is 1. The van der Waals surface area contributed by atoms with E-state index in [1.807, 2.05) is 18.2 Å². The molecule has 1 aromatic heterocycles. The molecule has 5 rings (SSSR count). The number of nitrogens with zero attached hydrogens (tertiary/aromatic N) is 3. The van der Waals surface area contributed by atoms with Crippen LogP contribution in [0.2, 0.25) is 0 Å². The lowest BCUT2D eigenvalue weighted by Gasteiger charge is -2.25. The highest BCUT2D eigenvalue weighted by Gasteiger charge is 2.32. The Morgan fingerprint density at radius 2 is 1.86 bits per heavy atom. The summed E-state index contributed by atoms with van der Waals surface area (Å²) < 4.78 is 18.2. The first-order valence-electron chi connectivity index (χ1n) is 13.4. The first-order chi connectivity index (χ1) is 21.2. The number of carbonyl (C=O) groups is 1. The molecule has 1 aliphatic rings. The van der Waals surface area contributed by atoms with E-state index < -0.39 is 22.4 Å². The third kappa shape index (κ3) is 5.88. The molecule has 1 amide bonds. The molecule has 0 radical (unpaired) electrons. The fraction of sp³-hybridized carbons (Fsp3) is 0.156. The smallest absolute Gasteiger partial charge is 0.274 e. The predicted octanol–water partition coefficient (Wildman–Crippen LogP) is 4.36. The third-order valence-corrected chi connectivity index (χ3v) is 7.84. The Kier molecular flexibility index (Phi) is 8.72. The summed E-state index contributed by atoms with van der Waals surface area (Å²) in [5.74, 6) is 0.557. The van der Waals surface area contributed by atoms with Crippen molar-refractivity contribution in [3.8, 4) is 17.2 Å². The number of allylic oxidation sites excluding steroid dienone is 1. The highest BCUT2D eigenvalue weighted by atomic mass is 32.1. The van der Waals surface area contributed by atoms with Crippen LogP contribution in [-0.4, -0.2) is 36.2 Å². The Morgan fingerprint density at radius 1 is 1.14 bits per heavy atom. The summed E-state index contributed by atoms with van der Waals surface area (Å²) in [5, 5.41) is 14.6. The molecule has 11 nitrogen and oxygen atoms in total. The third-order valence-electron chi connectivity index (χ3n) is 6.86. The first kappa shape index (κ1) is 30.0. The number of nitro groups is 1. The molecule has 1 N–H and O–H groups in total. The Balaban J connectivity index is 1.71. The second-order valence-electron chi connectivity index (χ2n) is 9.60. The predicted molar refractivity (Wildman–Crippen MR) is 167 cm³/mol. The molecule has 2 heterocycles. The molecule has 0 unspecified atom stereocenters. The van der Waals surface area contributed by atoms with Crippen molar-refractivity contribution in [2.45, 2.75) is 13.0 Å². The van der Waals surface area contributed by atoms with Crippen molar-refractivity contribution in [2.24, 2.45) is 4.99 Å². The molecule has 0 saturated heterocycles. The van der Waals surface area contributed by atoms with Crippen molar-refractivity contribution in [1.29, 1.82) is 0 Å². The van der Waals surface area contributed by atoms with Gasteiger partial charge in [0.05, 0.1) is 47.1 Å². The monoisotopic (exact) mass is 612 g/mol. The summed E-state index contributed by atoms with van der Waals surface area (Å²) in [6.07, 6.45) is 3.03. The summed E-state index contributed by atoms with van der Waals surface area (Å²) in [6, 6.07) is 17.8. The maximum atomic E-state index is 14.1. The van der Waals surface area contributed by atoms with Gasteiger partial charge in [0.1, 0.15) is 12.4 Å². The van der Waals surface area contributed by atoms with E-state index in [-0.39, 0.29) is 33.9 Å². The number of thiazole rings is 1. The van der Waals surface area contributed by atoms with Gasteiger partial charge in [0.2, 0.25) is 0 Å². The maximum Gasteiger partial charge on any atom is 0.274 e. The molecular weight excluding hydrogens is 584 g/mol. The van der Waals surface area contributed by atoms with Crippen LogP contribution in [0.15, 0.2) is 100 Å². The number of hydrogen-bond donors (Lipinski definition) is 1. The average Bonchev–Trinajstić information content (AvgIpc) is 3.33. The molecule has 44 heavy (non-hydrogen) atoms. The van der Waals surface area contributed by atoms with Crippen molar-refractivity contribution in [2.75, 3.05) is 26.1 Å². The molecule has 224 valence electrons. The molecule has 1 atom stereocenters. The lowest BCUT2D eigenvalue weighted by atomic mass is 9.95. The highest BCUT2D eigenvalue weighted by Crippen LogP contribution is 2.36. The van der Waals surface area contributed by atoms with Crippen LogP contribution in [0.5, 0.6) is 17.2 Å². The highest BCUT2D eigenvalue weighted by molar-refractivity contribution is 7.07. The van der Waals surface area contributed by atoms with Crippen LogP contribution >= 0.6 is 11.3 Å². The molecular formula is C32H28N4O7S. The van der Waals surface area contributed by atoms with Gasteiger partial charge in [-0.2, -0.15) is 0 Å². The molecule has 0 fully saturated rings. The van der Waals surface area contributed by atoms with Gasteiger partial charge < -0.3 is 19.5 Å². The van der Waals surface area contributed by atoms with Crippen LogP contribution in [0.25, 0.3) is 6.08 Å².